The summed E-state index contributed by atoms with van der Waals surface area (Å²) in [4.78, 5) is 17.3. The first-order valence-electron chi connectivity index (χ1n) is 7.87. The van der Waals surface area contributed by atoms with E-state index in [1.807, 2.05) is 0 Å². The number of aryl methyl sites for hydroxylation is 2. The lowest BCUT2D eigenvalue weighted by atomic mass is 9.87. The van der Waals surface area contributed by atoms with Crippen LogP contribution in [-0.4, -0.2) is 37.0 Å². The molecule has 0 aromatic carbocycles. The summed E-state index contributed by atoms with van der Waals surface area (Å²) in [7, 11) is 0. The van der Waals surface area contributed by atoms with Crippen LogP contribution >= 0.6 is 11.3 Å². The second-order valence-corrected chi connectivity index (χ2v) is 7.81. The molecule has 1 amide bonds. The van der Waals surface area contributed by atoms with Crippen LogP contribution in [0.5, 0.6) is 0 Å². The van der Waals surface area contributed by atoms with Gasteiger partial charge in [-0.15, -0.1) is 11.3 Å². The zero-order valence-corrected chi connectivity index (χ0v) is 12.7. The zero-order valence-electron chi connectivity index (χ0n) is 11.9. The quantitative estimate of drug-likeness (QED) is 0.861. The van der Waals surface area contributed by atoms with Gasteiger partial charge in [-0.05, 0) is 56.7 Å². The number of amides is 1. The third-order valence-corrected chi connectivity index (χ3v) is 6.49. The Morgan fingerprint density at radius 2 is 2.20 bits per heavy atom. The van der Waals surface area contributed by atoms with Gasteiger partial charge in [-0.2, -0.15) is 0 Å². The number of nitrogens with one attached hydrogen (secondary N) is 1. The van der Waals surface area contributed by atoms with Crippen LogP contribution in [0, 0.1) is 5.41 Å². The predicted octanol–water partition coefficient (Wildman–Crippen LogP) is 2.45. The molecular formula is C16H22N2OS. The molecule has 3 nitrogen and oxygen atoms in total. The van der Waals surface area contributed by atoms with Crippen LogP contribution in [0.1, 0.15) is 45.8 Å². The van der Waals surface area contributed by atoms with Gasteiger partial charge < -0.3 is 10.2 Å². The molecule has 1 N–H and O–H groups in total. The summed E-state index contributed by atoms with van der Waals surface area (Å²) in [5, 5.41) is 3.46. The van der Waals surface area contributed by atoms with Crippen molar-refractivity contribution in [2.24, 2.45) is 5.41 Å². The van der Waals surface area contributed by atoms with Gasteiger partial charge in [-0.1, -0.05) is 0 Å². The predicted molar refractivity (Wildman–Crippen MR) is 81.4 cm³/mol. The molecule has 2 saturated heterocycles. The average Bonchev–Trinajstić information content (AvgIpc) is 3.19. The van der Waals surface area contributed by atoms with Crippen molar-refractivity contribution >= 4 is 17.2 Å². The first-order valence-corrected chi connectivity index (χ1v) is 8.69. The molecule has 3 aliphatic rings. The monoisotopic (exact) mass is 290 g/mol. The van der Waals surface area contributed by atoms with Crippen molar-refractivity contribution in [1.82, 2.24) is 10.2 Å². The first kappa shape index (κ1) is 12.8. The van der Waals surface area contributed by atoms with Crippen LogP contribution in [0.25, 0.3) is 0 Å². The smallest absolute Gasteiger partial charge is 0.263 e. The fraction of sp³-hybridized carbons (Fsp3) is 0.688. The normalized spacial score (nSPS) is 29.1. The van der Waals surface area contributed by atoms with E-state index < -0.39 is 0 Å². The van der Waals surface area contributed by atoms with Crippen LogP contribution in [0.15, 0.2) is 6.07 Å². The highest BCUT2D eigenvalue weighted by atomic mass is 32.1. The molecule has 108 valence electrons. The highest BCUT2D eigenvalue weighted by Crippen LogP contribution is 2.38. The van der Waals surface area contributed by atoms with E-state index >= 15 is 0 Å². The number of fused-ring (bicyclic) bond motifs is 1. The van der Waals surface area contributed by atoms with Gasteiger partial charge in [0, 0.05) is 29.9 Å². The van der Waals surface area contributed by atoms with Crippen molar-refractivity contribution in [3.63, 3.8) is 0 Å². The minimum absolute atomic E-state index is 0.285. The molecule has 4 heteroatoms. The van der Waals surface area contributed by atoms with E-state index in [4.69, 9.17) is 0 Å². The van der Waals surface area contributed by atoms with E-state index in [0.29, 0.717) is 5.41 Å². The molecule has 1 aromatic rings. The lowest BCUT2D eigenvalue weighted by Gasteiger charge is -2.22. The van der Waals surface area contributed by atoms with Crippen molar-refractivity contribution in [1.29, 1.82) is 0 Å². The van der Waals surface area contributed by atoms with Gasteiger partial charge in [0.25, 0.3) is 5.91 Å². The van der Waals surface area contributed by atoms with E-state index in [1.54, 1.807) is 11.3 Å². The third kappa shape index (κ3) is 2.09. The van der Waals surface area contributed by atoms with Crippen LogP contribution in [0.2, 0.25) is 0 Å². The second kappa shape index (κ2) is 4.85. The summed E-state index contributed by atoms with van der Waals surface area (Å²) in [6.07, 6.45) is 7.35. The number of thiophene rings is 1. The van der Waals surface area contributed by atoms with Gasteiger partial charge in [0.2, 0.25) is 0 Å². The Hall–Kier alpha value is -0.870. The van der Waals surface area contributed by atoms with Crippen LogP contribution in [-0.2, 0) is 12.8 Å². The lowest BCUT2D eigenvalue weighted by molar-refractivity contribution is 0.0780. The minimum atomic E-state index is 0.285. The van der Waals surface area contributed by atoms with Gasteiger partial charge in [-0.3, -0.25) is 4.79 Å². The number of nitrogens with zero attached hydrogens (tertiary/aromatic N) is 1. The zero-order chi connectivity index (χ0) is 13.6. The van der Waals surface area contributed by atoms with Crippen molar-refractivity contribution in [2.75, 3.05) is 26.2 Å². The molecular weight excluding hydrogens is 268 g/mol. The number of carbonyl (C=O) groups is 1. The summed E-state index contributed by atoms with van der Waals surface area (Å²) >= 11 is 1.75. The average molecular weight is 290 g/mol. The van der Waals surface area contributed by atoms with Crippen LogP contribution in [0.4, 0.5) is 0 Å². The molecule has 1 atom stereocenters. The van der Waals surface area contributed by atoms with Crippen molar-refractivity contribution in [3.8, 4) is 0 Å². The molecule has 2 aliphatic heterocycles. The molecule has 3 heterocycles. The van der Waals surface area contributed by atoms with Crippen molar-refractivity contribution in [3.05, 3.63) is 21.4 Å². The van der Waals surface area contributed by atoms with Crippen LogP contribution in [0.3, 0.4) is 0 Å². The number of carbonyl (C=O) groups excluding carboxylic acids is 1. The Labute approximate surface area is 124 Å². The topological polar surface area (TPSA) is 32.3 Å². The number of rotatable bonds is 1. The molecule has 1 unspecified atom stereocenters. The SMILES string of the molecule is O=C(c1cc2c(s1)CCCC2)N1CCC2(CCNC2)C1. The Balaban J connectivity index is 1.51. The lowest BCUT2D eigenvalue weighted by Crippen LogP contribution is -2.32. The standard InChI is InChI=1S/C16H22N2OS/c19-15(14-9-12-3-1-2-4-13(12)20-14)18-8-6-16(11-18)5-7-17-10-16/h9,17H,1-8,10-11H2. The summed E-state index contributed by atoms with van der Waals surface area (Å²) in [6, 6.07) is 2.18. The summed E-state index contributed by atoms with van der Waals surface area (Å²) < 4.78 is 0. The fourth-order valence-corrected chi connectivity index (χ4v) is 5.23. The van der Waals surface area contributed by atoms with E-state index in [9.17, 15) is 4.79 Å². The highest BCUT2D eigenvalue weighted by molar-refractivity contribution is 7.14. The van der Waals surface area contributed by atoms with E-state index in [1.165, 1.54) is 49.0 Å². The molecule has 4 rings (SSSR count). The molecule has 2 fully saturated rings. The van der Waals surface area contributed by atoms with Crippen LogP contribution < -0.4 is 5.32 Å². The molecule has 1 spiro atoms. The van der Waals surface area contributed by atoms with E-state index in [-0.39, 0.29) is 5.91 Å². The Morgan fingerprint density at radius 3 is 3.00 bits per heavy atom. The highest BCUT2D eigenvalue weighted by Gasteiger charge is 2.42. The molecule has 0 saturated carbocycles. The summed E-state index contributed by atoms with van der Waals surface area (Å²) in [5.41, 5.74) is 1.83. The van der Waals surface area contributed by atoms with E-state index in [2.05, 4.69) is 16.3 Å². The Morgan fingerprint density at radius 1 is 1.30 bits per heavy atom. The van der Waals surface area contributed by atoms with Gasteiger partial charge in [0.05, 0.1) is 4.88 Å². The number of hydrogen-bond acceptors (Lipinski definition) is 3. The Bertz CT molecular complexity index is 507. The van der Waals surface area contributed by atoms with Gasteiger partial charge in [0.1, 0.15) is 0 Å². The molecule has 20 heavy (non-hydrogen) atoms. The first-order chi connectivity index (χ1) is 9.76. The third-order valence-electron chi connectivity index (χ3n) is 5.27. The molecule has 1 aromatic heterocycles. The number of likely N-dealkylation sites (tertiary alicyclic amines) is 1. The van der Waals surface area contributed by atoms with Gasteiger partial charge >= 0.3 is 0 Å². The number of hydrogen-bond donors (Lipinski definition) is 1. The van der Waals surface area contributed by atoms with Gasteiger partial charge in [0.15, 0.2) is 0 Å². The van der Waals surface area contributed by atoms with Crippen molar-refractivity contribution < 1.29 is 4.79 Å². The largest absolute Gasteiger partial charge is 0.337 e. The second-order valence-electron chi connectivity index (χ2n) is 6.67. The molecule has 1 aliphatic carbocycles. The minimum Gasteiger partial charge on any atom is -0.337 e. The van der Waals surface area contributed by atoms with E-state index in [0.717, 1.165) is 31.1 Å². The summed E-state index contributed by atoms with van der Waals surface area (Å²) in [5.74, 6) is 0.285. The maximum absolute atomic E-state index is 12.7. The maximum atomic E-state index is 12.7. The van der Waals surface area contributed by atoms with Gasteiger partial charge in [-0.25, -0.2) is 0 Å². The molecule has 0 bridgehead atoms. The maximum Gasteiger partial charge on any atom is 0.263 e. The fourth-order valence-electron chi connectivity index (χ4n) is 4.00. The molecule has 0 radical (unpaired) electrons. The summed E-state index contributed by atoms with van der Waals surface area (Å²) in [6.45, 7) is 4.12. The Kier molecular flexibility index (Phi) is 3.11. The van der Waals surface area contributed by atoms with Crippen molar-refractivity contribution in [2.45, 2.75) is 38.5 Å².